The molecule has 0 amide bonds. The van der Waals surface area contributed by atoms with E-state index in [9.17, 15) is 13.2 Å². The largest absolute Gasteiger partial charge is 0.477 e. The van der Waals surface area contributed by atoms with Crippen LogP contribution < -0.4 is 9.64 Å². The van der Waals surface area contributed by atoms with Crippen molar-refractivity contribution in [2.45, 2.75) is 32.9 Å². The Morgan fingerprint density at radius 1 is 1.16 bits per heavy atom. The van der Waals surface area contributed by atoms with Crippen molar-refractivity contribution in [3.63, 3.8) is 0 Å². The highest BCUT2D eigenvalue weighted by Gasteiger charge is 2.36. The predicted molar refractivity (Wildman–Crippen MR) is 91.6 cm³/mol. The summed E-state index contributed by atoms with van der Waals surface area (Å²) in [4.78, 5) is 9.59. The lowest BCUT2D eigenvalue weighted by Crippen LogP contribution is -2.21. The number of benzene rings is 1. The van der Waals surface area contributed by atoms with Gasteiger partial charge in [-0.1, -0.05) is 24.9 Å². The first kappa shape index (κ1) is 19.3. The number of nitrogens with zero attached hydrogens (tertiary/aromatic N) is 3. The Balaban J connectivity index is 2.39. The number of hydrogen-bond donors (Lipinski definition) is 0. The van der Waals surface area contributed by atoms with Crippen LogP contribution in [0.5, 0.6) is 5.88 Å². The van der Waals surface area contributed by atoms with E-state index < -0.39 is 17.6 Å². The average Bonchev–Trinajstić information content (AvgIpc) is 2.57. The SMILES string of the molecule is CCCCOc1nc(N(CC)c2ccc(Cl)cc2)ncc1C(F)(F)F. The first-order chi connectivity index (χ1) is 11.9. The highest BCUT2D eigenvalue weighted by molar-refractivity contribution is 6.30. The van der Waals surface area contributed by atoms with E-state index in [1.165, 1.54) is 0 Å². The van der Waals surface area contributed by atoms with Gasteiger partial charge in [0.2, 0.25) is 11.8 Å². The van der Waals surface area contributed by atoms with Crippen molar-refractivity contribution in [3.8, 4) is 5.88 Å². The standard InChI is InChI=1S/C17H19ClF3N3O/c1-3-5-10-25-15-14(17(19,20)21)11-22-16(23-15)24(4-2)13-8-6-12(18)7-9-13/h6-9,11H,3-5,10H2,1-2H3. The molecular formula is C17H19ClF3N3O. The van der Waals surface area contributed by atoms with E-state index in [0.29, 0.717) is 18.0 Å². The minimum absolute atomic E-state index is 0.143. The van der Waals surface area contributed by atoms with Crippen LogP contribution in [0.4, 0.5) is 24.8 Å². The first-order valence-corrected chi connectivity index (χ1v) is 8.34. The fraction of sp³-hybridized carbons (Fsp3) is 0.412. The molecule has 0 radical (unpaired) electrons. The lowest BCUT2D eigenvalue weighted by molar-refractivity contribution is -0.139. The van der Waals surface area contributed by atoms with Crippen LogP contribution in [0.1, 0.15) is 32.3 Å². The van der Waals surface area contributed by atoms with E-state index in [1.54, 1.807) is 29.2 Å². The Kier molecular flexibility index (Phi) is 6.47. The molecule has 25 heavy (non-hydrogen) atoms. The van der Waals surface area contributed by atoms with Crippen LogP contribution in [0.15, 0.2) is 30.5 Å². The smallest absolute Gasteiger partial charge is 0.423 e. The van der Waals surface area contributed by atoms with Crippen LogP contribution >= 0.6 is 11.6 Å². The zero-order chi connectivity index (χ0) is 18.4. The first-order valence-electron chi connectivity index (χ1n) is 7.97. The van der Waals surface area contributed by atoms with Gasteiger partial charge in [0.15, 0.2) is 0 Å². The average molecular weight is 374 g/mol. The molecule has 0 bridgehead atoms. The van der Waals surface area contributed by atoms with Gasteiger partial charge in [-0.15, -0.1) is 0 Å². The van der Waals surface area contributed by atoms with Gasteiger partial charge in [0.1, 0.15) is 5.56 Å². The summed E-state index contributed by atoms with van der Waals surface area (Å²) in [6, 6.07) is 6.90. The molecule has 0 N–H and O–H groups in total. The van der Waals surface area contributed by atoms with Gasteiger partial charge in [-0.3, -0.25) is 0 Å². The molecule has 1 aromatic heterocycles. The quantitative estimate of drug-likeness (QED) is 0.602. The molecule has 2 rings (SSSR count). The number of aromatic nitrogens is 2. The fourth-order valence-corrected chi connectivity index (χ4v) is 2.29. The van der Waals surface area contributed by atoms with Crippen molar-refractivity contribution in [1.29, 1.82) is 0 Å². The van der Waals surface area contributed by atoms with Gasteiger partial charge < -0.3 is 9.64 Å². The normalized spacial score (nSPS) is 11.4. The molecule has 0 saturated carbocycles. The molecule has 136 valence electrons. The van der Waals surface area contributed by atoms with E-state index in [-0.39, 0.29) is 12.6 Å². The highest BCUT2D eigenvalue weighted by atomic mass is 35.5. The van der Waals surface area contributed by atoms with Crippen molar-refractivity contribution < 1.29 is 17.9 Å². The van der Waals surface area contributed by atoms with Crippen LogP contribution in [0, 0.1) is 0 Å². The van der Waals surface area contributed by atoms with Gasteiger partial charge in [0, 0.05) is 23.5 Å². The monoisotopic (exact) mass is 373 g/mol. The van der Waals surface area contributed by atoms with E-state index in [0.717, 1.165) is 18.3 Å². The van der Waals surface area contributed by atoms with Crippen LogP contribution in [0.25, 0.3) is 0 Å². The van der Waals surface area contributed by atoms with Crippen molar-refractivity contribution >= 4 is 23.2 Å². The highest BCUT2D eigenvalue weighted by Crippen LogP contribution is 2.36. The van der Waals surface area contributed by atoms with Gasteiger partial charge in [0.25, 0.3) is 0 Å². The van der Waals surface area contributed by atoms with Gasteiger partial charge in [-0.2, -0.15) is 18.2 Å². The van der Waals surface area contributed by atoms with Crippen molar-refractivity contribution in [2.75, 3.05) is 18.1 Å². The third-order valence-corrected chi connectivity index (χ3v) is 3.73. The molecular weight excluding hydrogens is 355 g/mol. The predicted octanol–water partition coefficient (Wildman–Crippen LogP) is 5.49. The summed E-state index contributed by atoms with van der Waals surface area (Å²) >= 11 is 5.88. The zero-order valence-corrected chi connectivity index (χ0v) is 14.7. The second kappa shape index (κ2) is 8.38. The van der Waals surface area contributed by atoms with Crippen LogP contribution in [-0.4, -0.2) is 23.1 Å². The van der Waals surface area contributed by atoms with Crippen molar-refractivity contribution in [3.05, 3.63) is 41.0 Å². The van der Waals surface area contributed by atoms with E-state index >= 15 is 0 Å². The van der Waals surface area contributed by atoms with Gasteiger partial charge in [0.05, 0.1) is 6.61 Å². The number of halogens is 4. The summed E-state index contributed by atoms with van der Waals surface area (Å²) in [5.41, 5.74) is -0.245. The van der Waals surface area contributed by atoms with Gasteiger partial charge in [-0.05, 0) is 37.6 Å². The summed E-state index contributed by atoms with van der Waals surface area (Å²) in [6.45, 7) is 4.43. The molecule has 0 aliphatic rings. The molecule has 2 aromatic rings. The molecule has 0 fully saturated rings. The number of anilines is 2. The summed E-state index contributed by atoms with van der Waals surface area (Å²) in [6.07, 6.45) is -2.35. The minimum atomic E-state index is -4.57. The minimum Gasteiger partial charge on any atom is -0.477 e. The molecule has 4 nitrogen and oxygen atoms in total. The van der Waals surface area contributed by atoms with Crippen molar-refractivity contribution in [2.24, 2.45) is 0 Å². The molecule has 0 aliphatic carbocycles. The third-order valence-electron chi connectivity index (χ3n) is 3.48. The number of ether oxygens (including phenoxy) is 1. The van der Waals surface area contributed by atoms with Crippen LogP contribution in [0.3, 0.4) is 0 Å². The molecule has 0 saturated heterocycles. The molecule has 1 aromatic carbocycles. The summed E-state index contributed by atoms with van der Waals surface area (Å²) < 4.78 is 44.7. The number of rotatable bonds is 7. The van der Waals surface area contributed by atoms with Gasteiger partial charge in [-0.25, -0.2) is 4.98 Å². The molecule has 1 heterocycles. The topological polar surface area (TPSA) is 38.2 Å². The third kappa shape index (κ3) is 4.98. The molecule has 0 atom stereocenters. The fourth-order valence-electron chi connectivity index (χ4n) is 2.17. The Morgan fingerprint density at radius 2 is 1.84 bits per heavy atom. The van der Waals surface area contributed by atoms with E-state index in [1.807, 2.05) is 13.8 Å². The Morgan fingerprint density at radius 3 is 2.40 bits per heavy atom. The Bertz CT molecular complexity index is 693. The molecule has 0 spiro atoms. The maximum atomic E-state index is 13.2. The zero-order valence-electron chi connectivity index (χ0n) is 14.0. The van der Waals surface area contributed by atoms with E-state index in [4.69, 9.17) is 16.3 Å². The molecule has 8 heteroatoms. The maximum Gasteiger partial charge on any atom is 0.423 e. The molecule has 0 unspecified atom stereocenters. The van der Waals surface area contributed by atoms with Crippen LogP contribution in [0.2, 0.25) is 5.02 Å². The second-order valence-electron chi connectivity index (χ2n) is 5.31. The summed E-state index contributed by atoms with van der Waals surface area (Å²) in [5, 5.41) is 0.566. The Hall–Kier alpha value is -2.02. The summed E-state index contributed by atoms with van der Waals surface area (Å²) in [7, 11) is 0. The van der Waals surface area contributed by atoms with Gasteiger partial charge >= 0.3 is 6.18 Å². The lowest BCUT2D eigenvalue weighted by atomic mass is 10.3. The van der Waals surface area contributed by atoms with E-state index in [2.05, 4.69) is 9.97 Å². The number of unbranched alkanes of at least 4 members (excludes halogenated alkanes) is 1. The van der Waals surface area contributed by atoms with Crippen molar-refractivity contribution in [1.82, 2.24) is 9.97 Å². The van der Waals surface area contributed by atoms with Crippen LogP contribution in [-0.2, 0) is 6.18 Å². The summed E-state index contributed by atoms with van der Waals surface area (Å²) in [5.74, 6) is -0.303. The number of alkyl halides is 3. The molecule has 0 aliphatic heterocycles. The Labute approximate surface area is 149 Å². The number of hydrogen-bond acceptors (Lipinski definition) is 4. The lowest BCUT2D eigenvalue weighted by Gasteiger charge is -2.22. The maximum absolute atomic E-state index is 13.2. The second-order valence-corrected chi connectivity index (χ2v) is 5.75.